The summed E-state index contributed by atoms with van der Waals surface area (Å²) in [6.45, 7) is 6.42. The van der Waals surface area contributed by atoms with Crippen LogP contribution in [0, 0.1) is 0 Å². The predicted octanol–water partition coefficient (Wildman–Crippen LogP) is 4.87. The first-order valence-corrected chi connectivity index (χ1v) is 16.5. The second-order valence-corrected chi connectivity index (χ2v) is 10.8. The van der Waals surface area contributed by atoms with Crippen molar-refractivity contribution in [1.82, 2.24) is 5.32 Å². The number of carbonyl (C=O) groups is 2. The van der Waals surface area contributed by atoms with E-state index in [1.54, 1.807) is 24.3 Å². The van der Waals surface area contributed by atoms with Gasteiger partial charge in [0.2, 0.25) is 0 Å². The zero-order valence-corrected chi connectivity index (χ0v) is 27.5. The van der Waals surface area contributed by atoms with Crippen molar-refractivity contribution in [3.05, 3.63) is 95.6 Å². The standard InChI is InChI=1S/C37H47NO10/c39-36(30-9-2-1-3-10-30)47-28-27-46-26-25-45-24-23-44-22-21-43-20-19-42-18-17-41-16-8-15-38-37(40)48-29-35-33-13-6-4-11-31(33)32-12-5-7-14-34(32)35/h1-7,9-14,35H,8,15-29H2,(H,38,40). The van der Waals surface area contributed by atoms with Crippen LogP contribution in [0.3, 0.4) is 0 Å². The van der Waals surface area contributed by atoms with Crippen LogP contribution in [0.2, 0.25) is 0 Å². The van der Waals surface area contributed by atoms with Crippen LogP contribution >= 0.6 is 0 Å². The van der Waals surface area contributed by atoms with Crippen LogP contribution in [0.15, 0.2) is 78.9 Å². The van der Waals surface area contributed by atoms with Crippen LogP contribution in [0.25, 0.3) is 11.1 Å². The molecule has 0 saturated heterocycles. The summed E-state index contributed by atoms with van der Waals surface area (Å²) in [5.41, 5.74) is 5.32. The fourth-order valence-corrected chi connectivity index (χ4v) is 5.07. The van der Waals surface area contributed by atoms with Gasteiger partial charge in [-0.1, -0.05) is 66.7 Å². The van der Waals surface area contributed by atoms with Crippen molar-refractivity contribution < 1.29 is 47.5 Å². The van der Waals surface area contributed by atoms with E-state index in [0.717, 1.165) is 0 Å². The summed E-state index contributed by atoms with van der Waals surface area (Å²) >= 11 is 0. The largest absolute Gasteiger partial charge is 0.460 e. The number of amides is 1. The number of hydrogen-bond acceptors (Lipinski definition) is 10. The Balaban J connectivity index is 0.844. The van der Waals surface area contributed by atoms with Crippen LogP contribution in [0.1, 0.15) is 33.8 Å². The smallest absolute Gasteiger partial charge is 0.407 e. The summed E-state index contributed by atoms with van der Waals surface area (Å²) in [5.74, 6) is -0.311. The Morgan fingerprint density at radius 1 is 0.500 bits per heavy atom. The van der Waals surface area contributed by atoms with Gasteiger partial charge in [0.15, 0.2) is 0 Å². The van der Waals surface area contributed by atoms with Gasteiger partial charge in [0.05, 0.1) is 78.2 Å². The zero-order chi connectivity index (χ0) is 33.5. The third-order valence-corrected chi connectivity index (χ3v) is 7.41. The molecule has 11 nitrogen and oxygen atoms in total. The summed E-state index contributed by atoms with van der Waals surface area (Å²) in [5, 5.41) is 2.80. The van der Waals surface area contributed by atoms with E-state index in [-0.39, 0.29) is 18.5 Å². The first-order chi connectivity index (χ1) is 23.7. The van der Waals surface area contributed by atoms with E-state index in [4.69, 9.17) is 37.9 Å². The normalized spacial score (nSPS) is 12.0. The Bertz CT molecular complexity index is 1290. The summed E-state index contributed by atoms with van der Waals surface area (Å²) in [4.78, 5) is 24.0. The molecule has 1 amide bonds. The van der Waals surface area contributed by atoms with E-state index in [9.17, 15) is 9.59 Å². The molecule has 0 bridgehead atoms. The molecule has 0 radical (unpaired) electrons. The third kappa shape index (κ3) is 13.3. The van der Waals surface area contributed by atoms with Gasteiger partial charge < -0.3 is 43.2 Å². The Kier molecular flexibility index (Phi) is 17.5. The van der Waals surface area contributed by atoms with E-state index < -0.39 is 6.09 Å². The van der Waals surface area contributed by atoms with Crippen molar-refractivity contribution >= 4 is 12.1 Å². The van der Waals surface area contributed by atoms with Crippen molar-refractivity contribution in [2.24, 2.45) is 0 Å². The highest BCUT2D eigenvalue weighted by atomic mass is 16.6. The maximum Gasteiger partial charge on any atom is 0.407 e. The number of nitrogens with one attached hydrogen (secondary N) is 1. The average Bonchev–Trinajstić information content (AvgIpc) is 3.44. The van der Waals surface area contributed by atoms with Gasteiger partial charge in [-0.05, 0) is 40.8 Å². The Morgan fingerprint density at radius 2 is 0.938 bits per heavy atom. The number of esters is 1. The lowest BCUT2D eigenvalue weighted by Gasteiger charge is -2.14. The molecule has 260 valence electrons. The lowest BCUT2D eigenvalue weighted by molar-refractivity contribution is -0.0193. The monoisotopic (exact) mass is 665 g/mol. The maximum absolute atomic E-state index is 12.2. The maximum atomic E-state index is 12.2. The van der Waals surface area contributed by atoms with Crippen LogP contribution in [-0.4, -0.2) is 111 Å². The highest BCUT2D eigenvalue weighted by Gasteiger charge is 2.28. The molecule has 3 aromatic carbocycles. The fourth-order valence-electron chi connectivity index (χ4n) is 5.07. The summed E-state index contributed by atoms with van der Waals surface area (Å²) < 4.78 is 43.6. The predicted molar refractivity (Wildman–Crippen MR) is 179 cm³/mol. The molecule has 0 heterocycles. The highest BCUT2D eigenvalue weighted by molar-refractivity contribution is 5.89. The molecular weight excluding hydrogens is 618 g/mol. The van der Waals surface area contributed by atoms with Crippen LogP contribution in [0.5, 0.6) is 0 Å². The van der Waals surface area contributed by atoms with Gasteiger partial charge in [0.1, 0.15) is 13.2 Å². The first-order valence-electron chi connectivity index (χ1n) is 16.5. The molecule has 1 aliphatic rings. The zero-order valence-electron chi connectivity index (χ0n) is 27.5. The second kappa shape index (κ2) is 22.7. The van der Waals surface area contributed by atoms with Crippen molar-refractivity contribution in [1.29, 1.82) is 0 Å². The number of carbonyl (C=O) groups excluding carboxylic acids is 2. The molecular formula is C37H47NO10. The average molecular weight is 666 g/mol. The van der Waals surface area contributed by atoms with Gasteiger partial charge in [0.25, 0.3) is 0 Å². The van der Waals surface area contributed by atoms with E-state index in [0.29, 0.717) is 104 Å². The van der Waals surface area contributed by atoms with Crippen molar-refractivity contribution in [2.75, 3.05) is 99.0 Å². The quantitative estimate of drug-likeness (QED) is 0.0992. The van der Waals surface area contributed by atoms with Crippen LogP contribution < -0.4 is 5.32 Å². The highest BCUT2D eigenvalue weighted by Crippen LogP contribution is 2.44. The Labute approximate surface area is 282 Å². The molecule has 1 N–H and O–H groups in total. The van der Waals surface area contributed by atoms with Crippen molar-refractivity contribution in [2.45, 2.75) is 12.3 Å². The molecule has 0 fully saturated rings. The minimum atomic E-state index is -0.418. The summed E-state index contributed by atoms with van der Waals surface area (Å²) in [7, 11) is 0. The number of hydrogen-bond donors (Lipinski definition) is 1. The van der Waals surface area contributed by atoms with Gasteiger partial charge in [0, 0.05) is 19.1 Å². The molecule has 0 atom stereocenters. The second-order valence-electron chi connectivity index (χ2n) is 10.8. The fraction of sp³-hybridized carbons (Fsp3) is 0.459. The molecule has 0 saturated carbocycles. The van der Waals surface area contributed by atoms with Gasteiger partial charge in [-0.25, -0.2) is 9.59 Å². The van der Waals surface area contributed by atoms with Crippen LogP contribution in [0.4, 0.5) is 4.79 Å². The Hall–Kier alpha value is -3.84. The number of benzene rings is 3. The molecule has 0 spiro atoms. The minimum absolute atomic E-state index is 0.0482. The lowest BCUT2D eigenvalue weighted by atomic mass is 9.98. The van der Waals surface area contributed by atoms with E-state index in [2.05, 4.69) is 29.6 Å². The number of alkyl carbamates (subject to hydrolysis) is 1. The molecule has 11 heteroatoms. The van der Waals surface area contributed by atoms with E-state index >= 15 is 0 Å². The number of rotatable bonds is 25. The van der Waals surface area contributed by atoms with Crippen molar-refractivity contribution in [3.63, 3.8) is 0 Å². The van der Waals surface area contributed by atoms with Crippen LogP contribution in [-0.2, 0) is 37.9 Å². The molecule has 0 aliphatic heterocycles. The first kappa shape index (κ1) is 37.0. The summed E-state index contributed by atoms with van der Waals surface area (Å²) in [6, 6.07) is 25.4. The molecule has 0 unspecified atom stereocenters. The van der Waals surface area contributed by atoms with E-state index in [1.807, 2.05) is 30.3 Å². The lowest BCUT2D eigenvalue weighted by Crippen LogP contribution is -2.27. The Morgan fingerprint density at radius 3 is 1.46 bits per heavy atom. The van der Waals surface area contributed by atoms with E-state index in [1.165, 1.54) is 22.3 Å². The summed E-state index contributed by atoms with van der Waals surface area (Å²) in [6.07, 6.45) is 0.262. The number of ether oxygens (including phenoxy) is 8. The molecule has 1 aliphatic carbocycles. The molecule has 0 aromatic heterocycles. The van der Waals surface area contributed by atoms with Gasteiger partial charge in [-0.15, -0.1) is 0 Å². The third-order valence-electron chi connectivity index (χ3n) is 7.41. The molecule has 4 rings (SSSR count). The topological polar surface area (TPSA) is 120 Å². The van der Waals surface area contributed by atoms with Gasteiger partial charge >= 0.3 is 12.1 Å². The SMILES string of the molecule is O=C(NCCCOCCOCCOCCOCCOCCOCCOC(=O)c1ccccc1)OCC1c2ccccc2-c2ccccc21. The van der Waals surface area contributed by atoms with Crippen molar-refractivity contribution in [3.8, 4) is 11.1 Å². The number of fused-ring (bicyclic) bond motifs is 3. The molecule has 48 heavy (non-hydrogen) atoms. The molecule has 3 aromatic rings. The van der Waals surface area contributed by atoms with Gasteiger partial charge in [-0.3, -0.25) is 0 Å². The van der Waals surface area contributed by atoms with Gasteiger partial charge in [-0.2, -0.15) is 0 Å². The minimum Gasteiger partial charge on any atom is -0.460 e.